The number of esters is 1. The maximum atomic E-state index is 10.9. The van der Waals surface area contributed by atoms with Gasteiger partial charge in [0.1, 0.15) is 6.10 Å². The summed E-state index contributed by atoms with van der Waals surface area (Å²) in [6.07, 6.45) is 0.982. The Morgan fingerprint density at radius 1 is 1.50 bits per heavy atom. The average Bonchev–Trinajstić information content (AvgIpc) is 2.32. The minimum Gasteiger partial charge on any atom is -0.459 e. The summed E-state index contributed by atoms with van der Waals surface area (Å²) in [6, 6.07) is 9.98. The summed E-state index contributed by atoms with van der Waals surface area (Å²) in [4.78, 5) is 10.9. The van der Waals surface area contributed by atoms with E-state index in [4.69, 9.17) is 9.47 Å². The molecule has 1 heterocycles. The van der Waals surface area contributed by atoms with Crippen molar-refractivity contribution in [1.29, 1.82) is 0 Å². The summed E-state index contributed by atoms with van der Waals surface area (Å²) in [5.74, 6) is -0.143. The number of hydrogen-bond donors (Lipinski definition) is 0. The first-order valence-electron chi connectivity index (χ1n) is 6.14. The second kappa shape index (κ2) is 5.83. The third-order valence-electron chi connectivity index (χ3n) is 2.92. The zero-order valence-electron chi connectivity index (χ0n) is 10.6. The van der Waals surface area contributed by atoms with Gasteiger partial charge in [-0.15, -0.1) is 6.58 Å². The highest BCUT2D eigenvalue weighted by molar-refractivity contribution is 5.75. The van der Waals surface area contributed by atoms with Crippen molar-refractivity contribution >= 4 is 5.97 Å². The van der Waals surface area contributed by atoms with Gasteiger partial charge in [-0.25, -0.2) is 0 Å². The molecule has 0 unspecified atom stereocenters. The minimum atomic E-state index is -0.143. The first kappa shape index (κ1) is 12.8. The van der Waals surface area contributed by atoms with Crippen molar-refractivity contribution in [2.24, 2.45) is 0 Å². The van der Waals surface area contributed by atoms with Gasteiger partial charge in [0.05, 0.1) is 19.1 Å². The molecular formula is C15H18O3. The smallest absolute Gasteiger partial charge is 0.310 e. The number of cyclic esters (lactones) is 1. The number of rotatable bonds is 6. The molecule has 2 atom stereocenters. The lowest BCUT2D eigenvalue weighted by Crippen LogP contribution is -2.43. The van der Waals surface area contributed by atoms with Gasteiger partial charge in [0.25, 0.3) is 0 Å². The van der Waals surface area contributed by atoms with E-state index in [0.29, 0.717) is 13.0 Å². The standard InChI is InChI=1S/C15H18O3/c1-11(2)8-13(14-9-15(16)18-14)17-10-12-6-4-3-5-7-12/h3-7,13-14H,1,8-10H2,2H3/t13-,14+/m0/s1. The van der Waals surface area contributed by atoms with E-state index in [0.717, 1.165) is 17.6 Å². The first-order valence-corrected chi connectivity index (χ1v) is 6.14. The molecule has 1 aromatic carbocycles. The van der Waals surface area contributed by atoms with E-state index in [9.17, 15) is 4.79 Å². The van der Waals surface area contributed by atoms with Crippen LogP contribution < -0.4 is 0 Å². The zero-order valence-corrected chi connectivity index (χ0v) is 10.6. The van der Waals surface area contributed by atoms with Crippen LogP contribution in [-0.2, 0) is 20.9 Å². The van der Waals surface area contributed by atoms with Crippen molar-refractivity contribution in [3.05, 3.63) is 48.0 Å². The van der Waals surface area contributed by atoms with E-state index < -0.39 is 0 Å². The molecule has 1 saturated heterocycles. The van der Waals surface area contributed by atoms with Crippen LogP contribution in [0.4, 0.5) is 0 Å². The van der Waals surface area contributed by atoms with Crippen LogP contribution in [0.1, 0.15) is 25.3 Å². The Balaban J connectivity index is 1.89. The number of carbonyl (C=O) groups excluding carboxylic acids is 1. The molecule has 1 aromatic rings. The molecule has 0 spiro atoms. The van der Waals surface area contributed by atoms with Crippen LogP contribution in [0, 0.1) is 0 Å². The predicted molar refractivity (Wildman–Crippen MR) is 68.9 cm³/mol. The maximum Gasteiger partial charge on any atom is 0.310 e. The van der Waals surface area contributed by atoms with Crippen LogP contribution in [0.25, 0.3) is 0 Å². The Hall–Kier alpha value is -1.61. The van der Waals surface area contributed by atoms with Crippen LogP contribution in [0.15, 0.2) is 42.5 Å². The van der Waals surface area contributed by atoms with Crippen molar-refractivity contribution in [3.8, 4) is 0 Å². The molecule has 0 aliphatic carbocycles. The molecule has 0 radical (unpaired) electrons. The molecule has 0 aromatic heterocycles. The third-order valence-corrected chi connectivity index (χ3v) is 2.92. The fraction of sp³-hybridized carbons (Fsp3) is 0.400. The molecule has 1 aliphatic heterocycles. The van der Waals surface area contributed by atoms with Crippen molar-refractivity contribution in [2.45, 2.75) is 38.6 Å². The molecule has 1 aliphatic rings. The molecule has 2 rings (SSSR count). The van der Waals surface area contributed by atoms with E-state index in [1.54, 1.807) is 0 Å². The second-order valence-electron chi connectivity index (χ2n) is 4.73. The Morgan fingerprint density at radius 3 is 2.72 bits per heavy atom. The molecule has 0 saturated carbocycles. The zero-order chi connectivity index (χ0) is 13.0. The molecule has 0 bridgehead atoms. The second-order valence-corrected chi connectivity index (χ2v) is 4.73. The predicted octanol–water partition coefficient (Wildman–Crippen LogP) is 2.85. The summed E-state index contributed by atoms with van der Waals surface area (Å²) >= 11 is 0. The molecule has 3 nitrogen and oxygen atoms in total. The van der Waals surface area contributed by atoms with Crippen LogP contribution in [0.2, 0.25) is 0 Å². The summed E-state index contributed by atoms with van der Waals surface area (Å²) in [5, 5.41) is 0. The summed E-state index contributed by atoms with van der Waals surface area (Å²) in [5.41, 5.74) is 2.16. The summed E-state index contributed by atoms with van der Waals surface area (Å²) in [6.45, 7) is 6.38. The Labute approximate surface area is 107 Å². The maximum absolute atomic E-state index is 10.9. The summed E-state index contributed by atoms with van der Waals surface area (Å²) < 4.78 is 10.9. The van der Waals surface area contributed by atoms with E-state index in [2.05, 4.69) is 6.58 Å². The van der Waals surface area contributed by atoms with Crippen molar-refractivity contribution in [2.75, 3.05) is 0 Å². The van der Waals surface area contributed by atoms with Crippen molar-refractivity contribution in [1.82, 2.24) is 0 Å². The van der Waals surface area contributed by atoms with Gasteiger partial charge in [-0.3, -0.25) is 4.79 Å². The lowest BCUT2D eigenvalue weighted by Gasteiger charge is -2.33. The molecule has 1 fully saturated rings. The van der Waals surface area contributed by atoms with Gasteiger partial charge in [-0.2, -0.15) is 0 Å². The van der Waals surface area contributed by atoms with Gasteiger partial charge in [0.2, 0.25) is 0 Å². The van der Waals surface area contributed by atoms with E-state index in [1.807, 2.05) is 37.3 Å². The van der Waals surface area contributed by atoms with Crippen LogP contribution in [0.5, 0.6) is 0 Å². The highest BCUT2D eigenvalue weighted by Crippen LogP contribution is 2.24. The van der Waals surface area contributed by atoms with E-state index >= 15 is 0 Å². The topological polar surface area (TPSA) is 35.5 Å². The quantitative estimate of drug-likeness (QED) is 0.572. The highest BCUT2D eigenvalue weighted by Gasteiger charge is 2.36. The van der Waals surface area contributed by atoms with Gasteiger partial charge < -0.3 is 9.47 Å². The Morgan fingerprint density at radius 2 is 2.17 bits per heavy atom. The fourth-order valence-electron chi connectivity index (χ4n) is 1.95. The van der Waals surface area contributed by atoms with Crippen LogP contribution >= 0.6 is 0 Å². The Kier molecular flexibility index (Phi) is 4.15. The average molecular weight is 246 g/mol. The van der Waals surface area contributed by atoms with Crippen LogP contribution in [0.3, 0.4) is 0 Å². The van der Waals surface area contributed by atoms with Gasteiger partial charge in [-0.1, -0.05) is 35.9 Å². The van der Waals surface area contributed by atoms with Crippen molar-refractivity contribution in [3.63, 3.8) is 0 Å². The Bertz CT molecular complexity index is 417. The largest absolute Gasteiger partial charge is 0.459 e. The monoisotopic (exact) mass is 246 g/mol. The molecule has 3 heteroatoms. The third kappa shape index (κ3) is 3.44. The number of benzene rings is 1. The molecule has 96 valence electrons. The fourth-order valence-corrected chi connectivity index (χ4v) is 1.95. The molecule has 18 heavy (non-hydrogen) atoms. The molecular weight excluding hydrogens is 228 g/mol. The molecule has 0 amide bonds. The van der Waals surface area contributed by atoms with E-state index in [-0.39, 0.29) is 18.2 Å². The SMILES string of the molecule is C=C(C)C[C@H](OCc1ccccc1)[C@H]1CC(=O)O1. The van der Waals surface area contributed by atoms with Gasteiger partial charge >= 0.3 is 5.97 Å². The van der Waals surface area contributed by atoms with Gasteiger partial charge in [0, 0.05) is 0 Å². The number of carbonyl (C=O) groups is 1. The first-order chi connectivity index (χ1) is 8.65. The van der Waals surface area contributed by atoms with Gasteiger partial charge in [-0.05, 0) is 18.9 Å². The van der Waals surface area contributed by atoms with E-state index in [1.165, 1.54) is 0 Å². The number of hydrogen-bond acceptors (Lipinski definition) is 3. The van der Waals surface area contributed by atoms with Crippen molar-refractivity contribution < 1.29 is 14.3 Å². The lowest BCUT2D eigenvalue weighted by atomic mass is 10.00. The molecule has 0 N–H and O–H groups in total. The lowest BCUT2D eigenvalue weighted by molar-refractivity contribution is -0.185. The summed E-state index contributed by atoms with van der Waals surface area (Å²) in [7, 11) is 0. The highest BCUT2D eigenvalue weighted by atomic mass is 16.6. The minimum absolute atomic E-state index is 0.0830. The van der Waals surface area contributed by atoms with Gasteiger partial charge in [0.15, 0.2) is 0 Å². The normalized spacial score (nSPS) is 19.8. The number of ether oxygens (including phenoxy) is 2. The van der Waals surface area contributed by atoms with Crippen LogP contribution in [-0.4, -0.2) is 18.2 Å².